The normalized spacial score (nSPS) is 15.2. The highest BCUT2D eigenvalue weighted by Gasteiger charge is 2.22. The Morgan fingerprint density at radius 2 is 1.95 bits per heavy atom. The van der Waals surface area contributed by atoms with Crippen LogP contribution in [-0.2, 0) is 10.0 Å². The number of nitrogens with one attached hydrogen (secondary N) is 1. The molecule has 2 atom stereocenters. The number of hydrogen-bond donors (Lipinski definition) is 2. The molecule has 116 valence electrons. The summed E-state index contributed by atoms with van der Waals surface area (Å²) in [5.41, 5.74) is 0. The second-order valence-corrected chi connectivity index (χ2v) is 8.49. The maximum Gasteiger partial charge on any atom is 0.242 e. The predicted molar refractivity (Wildman–Crippen MR) is 87.2 cm³/mol. The van der Waals surface area contributed by atoms with Gasteiger partial charge in [-0.25, -0.2) is 13.1 Å². The minimum Gasteiger partial charge on any atom is -0.393 e. The zero-order valence-electron chi connectivity index (χ0n) is 12.5. The van der Waals surface area contributed by atoms with E-state index in [4.69, 9.17) is 0 Å². The molecule has 1 aromatic heterocycles. The van der Waals surface area contributed by atoms with Crippen molar-refractivity contribution in [1.82, 2.24) is 4.72 Å². The second-order valence-electron chi connectivity index (χ2n) is 5.53. The Morgan fingerprint density at radius 3 is 2.62 bits per heavy atom. The van der Waals surface area contributed by atoms with Crippen LogP contribution in [-0.4, -0.2) is 26.2 Å². The quantitative estimate of drug-likeness (QED) is 0.857. The summed E-state index contributed by atoms with van der Waals surface area (Å²) in [6.07, 6.45) is 0.152. The van der Waals surface area contributed by atoms with Gasteiger partial charge in [-0.1, -0.05) is 25.1 Å². The number of benzene rings is 1. The zero-order valence-corrected chi connectivity index (χ0v) is 14.1. The summed E-state index contributed by atoms with van der Waals surface area (Å²) in [6, 6.07) is 7.53. The molecule has 0 aliphatic heterocycles. The largest absolute Gasteiger partial charge is 0.393 e. The average molecular weight is 327 g/mol. The van der Waals surface area contributed by atoms with E-state index in [-0.39, 0.29) is 5.92 Å². The van der Waals surface area contributed by atoms with Crippen LogP contribution in [0.15, 0.2) is 29.2 Å². The van der Waals surface area contributed by atoms with Crippen molar-refractivity contribution < 1.29 is 13.5 Å². The lowest BCUT2D eigenvalue weighted by atomic mass is 10.1. The van der Waals surface area contributed by atoms with Crippen molar-refractivity contribution in [3.8, 4) is 0 Å². The van der Waals surface area contributed by atoms with Gasteiger partial charge in [0.15, 0.2) is 0 Å². The van der Waals surface area contributed by atoms with Gasteiger partial charge in [0.25, 0.3) is 0 Å². The maximum atomic E-state index is 12.6. The molecule has 0 spiro atoms. The summed E-state index contributed by atoms with van der Waals surface area (Å²) in [5.74, 6) is 0.0879. The van der Waals surface area contributed by atoms with Gasteiger partial charge in [-0.15, -0.1) is 11.3 Å². The summed E-state index contributed by atoms with van der Waals surface area (Å²) < 4.78 is 28.7. The Morgan fingerprint density at radius 1 is 1.29 bits per heavy atom. The lowest BCUT2D eigenvalue weighted by Crippen LogP contribution is -2.29. The van der Waals surface area contributed by atoms with Gasteiger partial charge in [0, 0.05) is 21.5 Å². The first-order valence-corrected chi connectivity index (χ1v) is 9.27. The van der Waals surface area contributed by atoms with Gasteiger partial charge in [-0.3, -0.25) is 0 Å². The van der Waals surface area contributed by atoms with Crippen LogP contribution in [0.1, 0.15) is 25.1 Å². The highest BCUT2D eigenvalue weighted by atomic mass is 32.2. The van der Waals surface area contributed by atoms with Crippen LogP contribution >= 0.6 is 11.3 Å². The first-order chi connectivity index (χ1) is 9.81. The van der Waals surface area contributed by atoms with Crippen LogP contribution in [0.25, 0.3) is 10.1 Å². The van der Waals surface area contributed by atoms with Crippen molar-refractivity contribution in [1.29, 1.82) is 0 Å². The number of hydrogen-bond acceptors (Lipinski definition) is 4. The molecule has 2 N–H and O–H groups in total. The van der Waals surface area contributed by atoms with Crippen LogP contribution in [0.3, 0.4) is 0 Å². The summed E-state index contributed by atoms with van der Waals surface area (Å²) in [6.45, 7) is 5.80. The molecule has 1 aromatic carbocycles. The topological polar surface area (TPSA) is 66.4 Å². The van der Waals surface area contributed by atoms with Crippen LogP contribution in [0.5, 0.6) is 0 Å². The molecule has 2 aromatic rings. The molecule has 0 amide bonds. The number of aliphatic hydroxyl groups is 1. The SMILES string of the molecule is Cc1sc2ccccc2c1S(=O)(=O)NCC(C)CC(C)O. The van der Waals surface area contributed by atoms with Gasteiger partial charge in [0.2, 0.25) is 10.0 Å². The molecule has 21 heavy (non-hydrogen) atoms. The molecule has 1 heterocycles. The van der Waals surface area contributed by atoms with Gasteiger partial charge >= 0.3 is 0 Å². The van der Waals surface area contributed by atoms with E-state index in [0.29, 0.717) is 17.9 Å². The fourth-order valence-electron chi connectivity index (χ4n) is 2.47. The van der Waals surface area contributed by atoms with Crippen LogP contribution in [0.4, 0.5) is 0 Å². The van der Waals surface area contributed by atoms with E-state index in [2.05, 4.69) is 4.72 Å². The summed E-state index contributed by atoms with van der Waals surface area (Å²) in [4.78, 5) is 1.18. The molecule has 0 bridgehead atoms. The third kappa shape index (κ3) is 3.83. The van der Waals surface area contributed by atoms with Gasteiger partial charge in [0.1, 0.15) is 4.90 Å². The lowest BCUT2D eigenvalue weighted by molar-refractivity contribution is 0.165. The lowest BCUT2D eigenvalue weighted by Gasteiger charge is -2.14. The smallest absolute Gasteiger partial charge is 0.242 e. The number of aryl methyl sites for hydroxylation is 1. The first kappa shape index (κ1) is 16.4. The molecule has 0 fully saturated rings. The highest BCUT2D eigenvalue weighted by molar-refractivity contribution is 7.90. The third-order valence-electron chi connectivity index (χ3n) is 3.35. The molecule has 0 saturated heterocycles. The van der Waals surface area contributed by atoms with Crippen LogP contribution in [0, 0.1) is 12.8 Å². The van der Waals surface area contributed by atoms with Crippen molar-refractivity contribution in [2.75, 3.05) is 6.54 Å². The first-order valence-electron chi connectivity index (χ1n) is 6.97. The van der Waals surface area contributed by atoms with E-state index in [1.165, 1.54) is 11.3 Å². The molecule has 4 nitrogen and oxygen atoms in total. The van der Waals surface area contributed by atoms with E-state index in [1.54, 1.807) is 6.92 Å². The zero-order chi connectivity index (χ0) is 15.6. The molecule has 2 unspecified atom stereocenters. The van der Waals surface area contributed by atoms with E-state index >= 15 is 0 Å². The summed E-state index contributed by atoms with van der Waals surface area (Å²) in [7, 11) is -3.53. The van der Waals surface area contributed by atoms with Crippen molar-refractivity contribution in [3.63, 3.8) is 0 Å². The van der Waals surface area contributed by atoms with E-state index in [1.807, 2.05) is 38.1 Å². The average Bonchev–Trinajstić information content (AvgIpc) is 2.72. The molecule has 0 radical (unpaired) electrons. The number of aliphatic hydroxyl groups excluding tert-OH is 1. The van der Waals surface area contributed by atoms with Crippen molar-refractivity contribution >= 4 is 31.4 Å². The molecule has 2 rings (SSSR count). The number of rotatable bonds is 6. The Kier molecular flexibility index (Phi) is 5.03. The van der Waals surface area contributed by atoms with Gasteiger partial charge in [-0.2, -0.15) is 0 Å². The van der Waals surface area contributed by atoms with Crippen molar-refractivity contribution in [2.45, 2.75) is 38.2 Å². The van der Waals surface area contributed by atoms with Crippen LogP contribution < -0.4 is 4.72 Å². The number of fused-ring (bicyclic) bond motifs is 1. The molecule has 6 heteroatoms. The molecule has 0 aliphatic rings. The molecular formula is C15H21NO3S2. The molecular weight excluding hydrogens is 306 g/mol. The van der Waals surface area contributed by atoms with Crippen molar-refractivity contribution in [2.24, 2.45) is 5.92 Å². The van der Waals surface area contributed by atoms with Gasteiger partial charge in [0.05, 0.1) is 6.10 Å². The minimum absolute atomic E-state index is 0.0879. The minimum atomic E-state index is -3.53. The summed E-state index contributed by atoms with van der Waals surface area (Å²) >= 11 is 1.49. The van der Waals surface area contributed by atoms with E-state index in [9.17, 15) is 13.5 Å². The summed E-state index contributed by atoms with van der Waals surface area (Å²) in [5, 5.41) is 10.1. The Labute approximate surface area is 129 Å². The fourth-order valence-corrected chi connectivity index (χ4v) is 5.44. The third-order valence-corrected chi connectivity index (χ3v) is 6.17. The predicted octanol–water partition coefficient (Wildman–Crippen LogP) is 2.90. The maximum absolute atomic E-state index is 12.6. The molecule has 0 aliphatic carbocycles. The van der Waals surface area contributed by atoms with Gasteiger partial charge in [-0.05, 0) is 32.3 Å². The standard InChI is InChI=1S/C15H21NO3S2/c1-10(8-11(2)17)9-16-21(18,19)15-12(3)20-14-7-5-4-6-13(14)15/h4-7,10-11,16-17H,8-9H2,1-3H3. The van der Waals surface area contributed by atoms with Crippen LogP contribution in [0.2, 0.25) is 0 Å². The second kappa shape index (κ2) is 6.44. The number of sulfonamides is 1. The fraction of sp³-hybridized carbons (Fsp3) is 0.467. The highest BCUT2D eigenvalue weighted by Crippen LogP contribution is 2.33. The molecule has 0 saturated carbocycles. The van der Waals surface area contributed by atoms with Crippen molar-refractivity contribution in [3.05, 3.63) is 29.1 Å². The van der Waals surface area contributed by atoms with E-state index < -0.39 is 16.1 Å². The van der Waals surface area contributed by atoms with Gasteiger partial charge < -0.3 is 5.11 Å². The number of thiophene rings is 1. The van der Waals surface area contributed by atoms with E-state index in [0.717, 1.165) is 15.0 Å². The Hall–Kier alpha value is -0.950. The monoisotopic (exact) mass is 327 g/mol. The Balaban J connectivity index is 2.24. The Bertz CT molecular complexity index is 720.